The van der Waals surface area contributed by atoms with Crippen molar-refractivity contribution in [3.05, 3.63) is 53.3 Å². The van der Waals surface area contributed by atoms with E-state index in [2.05, 4.69) is 0 Å². The molecule has 0 saturated heterocycles. The van der Waals surface area contributed by atoms with E-state index in [0.29, 0.717) is 10.7 Å². The summed E-state index contributed by atoms with van der Waals surface area (Å²) in [5.74, 6) is 0. The Balaban J connectivity index is 2.49. The fourth-order valence-corrected chi connectivity index (χ4v) is 1.45. The molecule has 1 heterocycles. The van der Waals surface area contributed by atoms with Gasteiger partial charge >= 0.3 is 0 Å². The smallest absolute Gasteiger partial charge is 0.166 e. The predicted octanol–water partition coefficient (Wildman–Crippen LogP) is 2.94. The van der Waals surface area contributed by atoms with Crippen LogP contribution >= 0.6 is 11.6 Å². The molecule has 1 aromatic heterocycles. The Bertz CT molecular complexity index is 445. The first kappa shape index (κ1) is 9.03. The lowest BCUT2D eigenvalue weighted by Gasteiger charge is -2.04. The average Bonchev–Trinajstić information content (AvgIpc) is 2.67. The van der Waals surface area contributed by atoms with Gasteiger partial charge in [0.2, 0.25) is 0 Å². The third-order valence-corrected chi connectivity index (χ3v) is 2.26. The number of benzene rings is 1. The topological polar surface area (TPSA) is 22.0 Å². The van der Waals surface area contributed by atoms with Gasteiger partial charge < -0.3 is 4.57 Å². The number of nitrogens with zero attached hydrogens (tertiary/aromatic N) is 1. The van der Waals surface area contributed by atoms with E-state index in [4.69, 9.17) is 11.6 Å². The summed E-state index contributed by atoms with van der Waals surface area (Å²) in [6, 6.07) is 10.9. The van der Waals surface area contributed by atoms with E-state index < -0.39 is 0 Å². The van der Waals surface area contributed by atoms with E-state index in [-0.39, 0.29) is 0 Å². The van der Waals surface area contributed by atoms with Crippen molar-refractivity contribution in [2.45, 2.75) is 0 Å². The summed E-state index contributed by atoms with van der Waals surface area (Å²) in [7, 11) is 0. The number of halogens is 1. The standard InChI is InChI=1S/C11H8ClNO/c12-9-3-5-10(6-4-9)13-7-1-2-11(13)8-14/h1-8H. The van der Waals surface area contributed by atoms with Crippen molar-refractivity contribution in [2.24, 2.45) is 0 Å². The molecular formula is C11H8ClNO. The summed E-state index contributed by atoms with van der Waals surface area (Å²) in [6.07, 6.45) is 2.67. The van der Waals surface area contributed by atoms with Crippen LogP contribution in [0.25, 0.3) is 5.69 Å². The van der Waals surface area contributed by atoms with Crippen molar-refractivity contribution in [2.75, 3.05) is 0 Å². The van der Waals surface area contributed by atoms with Crippen molar-refractivity contribution in [3.63, 3.8) is 0 Å². The van der Waals surface area contributed by atoms with Gasteiger partial charge in [0.05, 0.1) is 5.69 Å². The molecule has 0 fully saturated rings. The molecule has 0 saturated carbocycles. The minimum Gasteiger partial charge on any atom is -0.314 e. The molecule has 1 aromatic carbocycles. The fourth-order valence-electron chi connectivity index (χ4n) is 1.33. The van der Waals surface area contributed by atoms with Gasteiger partial charge in [0.25, 0.3) is 0 Å². The molecule has 14 heavy (non-hydrogen) atoms. The number of carbonyl (C=O) groups excluding carboxylic acids is 1. The molecule has 0 unspecified atom stereocenters. The number of aromatic nitrogens is 1. The molecule has 70 valence electrons. The second-order valence-corrected chi connectivity index (χ2v) is 3.33. The molecule has 0 bridgehead atoms. The van der Waals surface area contributed by atoms with Crippen LogP contribution in [0.5, 0.6) is 0 Å². The van der Waals surface area contributed by atoms with Crippen LogP contribution in [0.3, 0.4) is 0 Å². The van der Waals surface area contributed by atoms with Crippen molar-refractivity contribution in [1.82, 2.24) is 4.57 Å². The normalized spacial score (nSPS) is 10.1. The first-order chi connectivity index (χ1) is 6.81. The Morgan fingerprint density at radius 1 is 1.14 bits per heavy atom. The van der Waals surface area contributed by atoms with Crippen LogP contribution in [0.2, 0.25) is 5.02 Å². The van der Waals surface area contributed by atoms with Crippen LogP contribution in [0, 0.1) is 0 Å². The van der Waals surface area contributed by atoms with Gasteiger partial charge in [-0.15, -0.1) is 0 Å². The zero-order valence-corrected chi connectivity index (χ0v) is 8.11. The maximum absolute atomic E-state index is 10.7. The van der Waals surface area contributed by atoms with Gasteiger partial charge in [-0.05, 0) is 36.4 Å². The summed E-state index contributed by atoms with van der Waals surface area (Å²) >= 11 is 5.77. The Labute approximate surface area is 86.7 Å². The largest absolute Gasteiger partial charge is 0.314 e. The first-order valence-corrected chi connectivity index (χ1v) is 4.57. The van der Waals surface area contributed by atoms with Gasteiger partial charge in [-0.3, -0.25) is 4.79 Å². The van der Waals surface area contributed by atoms with E-state index in [1.54, 1.807) is 18.2 Å². The Morgan fingerprint density at radius 2 is 1.86 bits per heavy atom. The van der Waals surface area contributed by atoms with Crippen LogP contribution in [0.4, 0.5) is 0 Å². The summed E-state index contributed by atoms with van der Waals surface area (Å²) in [5.41, 5.74) is 1.56. The van der Waals surface area contributed by atoms with Gasteiger partial charge in [-0.2, -0.15) is 0 Å². The molecular weight excluding hydrogens is 198 g/mol. The van der Waals surface area contributed by atoms with Gasteiger partial charge in [0.15, 0.2) is 6.29 Å². The number of rotatable bonds is 2. The molecule has 2 nitrogen and oxygen atoms in total. The van der Waals surface area contributed by atoms with Crippen LogP contribution in [-0.4, -0.2) is 10.9 Å². The van der Waals surface area contributed by atoms with E-state index in [9.17, 15) is 4.79 Å². The van der Waals surface area contributed by atoms with Crippen LogP contribution in [0.1, 0.15) is 10.5 Å². The third kappa shape index (κ3) is 1.56. The highest BCUT2D eigenvalue weighted by atomic mass is 35.5. The molecule has 0 radical (unpaired) electrons. The molecule has 0 aliphatic heterocycles. The third-order valence-electron chi connectivity index (χ3n) is 2.01. The molecule has 0 aliphatic rings. The van der Waals surface area contributed by atoms with E-state index in [0.717, 1.165) is 12.0 Å². The molecule has 0 amide bonds. The van der Waals surface area contributed by atoms with E-state index in [1.165, 1.54) is 0 Å². The van der Waals surface area contributed by atoms with Crippen LogP contribution in [-0.2, 0) is 0 Å². The average molecular weight is 206 g/mol. The minimum absolute atomic E-state index is 0.632. The van der Waals surface area contributed by atoms with Gasteiger partial charge in [0, 0.05) is 16.9 Å². The van der Waals surface area contributed by atoms with E-state index >= 15 is 0 Å². The van der Waals surface area contributed by atoms with Crippen molar-refractivity contribution in [3.8, 4) is 5.69 Å². The monoisotopic (exact) mass is 205 g/mol. The van der Waals surface area contributed by atoms with E-state index in [1.807, 2.05) is 29.0 Å². The summed E-state index contributed by atoms with van der Waals surface area (Å²) in [4.78, 5) is 10.7. The second kappa shape index (κ2) is 3.68. The van der Waals surface area contributed by atoms with Crippen molar-refractivity contribution < 1.29 is 4.79 Å². The lowest BCUT2D eigenvalue weighted by atomic mass is 10.3. The van der Waals surface area contributed by atoms with Gasteiger partial charge in [-0.1, -0.05) is 11.6 Å². The van der Waals surface area contributed by atoms with Gasteiger partial charge in [0.1, 0.15) is 0 Å². The maximum atomic E-state index is 10.7. The summed E-state index contributed by atoms with van der Waals surface area (Å²) < 4.78 is 1.81. The molecule has 0 spiro atoms. The SMILES string of the molecule is O=Cc1cccn1-c1ccc(Cl)cc1. The molecule has 2 rings (SSSR count). The Kier molecular flexibility index (Phi) is 2.37. The zero-order chi connectivity index (χ0) is 9.97. The van der Waals surface area contributed by atoms with Crippen molar-refractivity contribution >= 4 is 17.9 Å². The van der Waals surface area contributed by atoms with Crippen molar-refractivity contribution in [1.29, 1.82) is 0 Å². The predicted molar refractivity (Wildman–Crippen MR) is 56.2 cm³/mol. The summed E-state index contributed by atoms with van der Waals surface area (Å²) in [5, 5.41) is 0.688. The number of hydrogen-bond acceptors (Lipinski definition) is 1. The van der Waals surface area contributed by atoms with Crippen LogP contribution < -0.4 is 0 Å². The highest BCUT2D eigenvalue weighted by molar-refractivity contribution is 6.30. The molecule has 0 atom stereocenters. The number of carbonyl (C=O) groups is 1. The maximum Gasteiger partial charge on any atom is 0.166 e. The number of aldehydes is 1. The quantitative estimate of drug-likeness (QED) is 0.691. The van der Waals surface area contributed by atoms with Gasteiger partial charge in [-0.25, -0.2) is 0 Å². The zero-order valence-electron chi connectivity index (χ0n) is 7.35. The Hall–Kier alpha value is -1.54. The fraction of sp³-hybridized carbons (Fsp3) is 0. The molecule has 3 heteroatoms. The Morgan fingerprint density at radius 3 is 2.50 bits per heavy atom. The molecule has 0 N–H and O–H groups in total. The second-order valence-electron chi connectivity index (χ2n) is 2.90. The molecule has 0 aliphatic carbocycles. The lowest BCUT2D eigenvalue weighted by molar-refractivity contribution is 0.111. The first-order valence-electron chi connectivity index (χ1n) is 4.20. The number of hydrogen-bond donors (Lipinski definition) is 0. The highest BCUT2D eigenvalue weighted by Crippen LogP contribution is 2.15. The van der Waals surface area contributed by atoms with Crippen LogP contribution in [0.15, 0.2) is 42.6 Å². The summed E-state index contributed by atoms with van der Waals surface area (Å²) in [6.45, 7) is 0. The lowest BCUT2D eigenvalue weighted by Crippen LogP contribution is -1.96. The minimum atomic E-state index is 0.632. The highest BCUT2D eigenvalue weighted by Gasteiger charge is 2.00. The molecule has 2 aromatic rings.